The third-order valence-corrected chi connectivity index (χ3v) is 5.29. The van der Waals surface area contributed by atoms with Gasteiger partial charge in [0.05, 0.1) is 11.6 Å². The molecule has 7 heteroatoms. The summed E-state index contributed by atoms with van der Waals surface area (Å²) in [5.41, 5.74) is 1.10. The molecule has 1 aliphatic heterocycles. The number of carbonyl (C=O) groups excluding carboxylic acids is 1. The van der Waals surface area contributed by atoms with E-state index in [0.29, 0.717) is 12.5 Å². The topological polar surface area (TPSA) is 45.2 Å². The van der Waals surface area contributed by atoms with Crippen molar-refractivity contribution >= 4 is 42.1 Å². The van der Waals surface area contributed by atoms with Gasteiger partial charge in [-0.3, -0.25) is 4.79 Å². The SMILES string of the molecule is Cc1csc(C2CCCN(C(=O)CNCC3CC3)C2)n1.Cl.Cl. The van der Waals surface area contributed by atoms with Crippen molar-refractivity contribution in [3.8, 4) is 0 Å². The van der Waals surface area contributed by atoms with Gasteiger partial charge in [0.15, 0.2) is 0 Å². The Morgan fingerprint density at radius 3 is 2.82 bits per heavy atom. The summed E-state index contributed by atoms with van der Waals surface area (Å²) in [6.07, 6.45) is 4.91. The molecule has 1 aliphatic carbocycles. The minimum atomic E-state index is 0. The number of hydrogen-bond donors (Lipinski definition) is 1. The van der Waals surface area contributed by atoms with Crippen LogP contribution in [0.4, 0.5) is 0 Å². The fourth-order valence-electron chi connectivity index (χ4n) is 2.78. The normalized spacial score (nSPS) is 21.0. The van der Waals surface area contributed by atoms with Crippen LogP contribution in [0.2, 0.25) is 0 Å². The summed E-state index contributed by atoms with van der Waals surface area (Å²) in [4.78, 5) is 18.8. The Labute approximate surface area is 148 Å². The van der Waals surface area contributed by atoms with Crippen LogP contribution in [0.5, 0.6) is 0 Å². The molecule has 126 valence electrons. The number of aromatic nitrogens is 1. The third kappa shape index (κ3) is 5.37. The summed E-state index contributed by atoms with van der Waals surface area (Å²) in [6.45, 7) is 5.30. The molecule has 1 atom stereocenters. The maximum atomic E-state index is 12.2. The molecule has 1 N–H and O–H groups in total. The quantitative estimate of drug-likeness (QED) is 0.871. The van der Waals surface area contributed by atoms with E-state index in [1.54, 1.807) is 11.3 Å². The molecule has 3 rings (SSSR count). The van der Waals surface area contributed by atoms with Gasteiger partial charge >= 0.3 is 0 Å². The van der Waals surface area contributed by atoms with E-state index in [0.717, 1.165) is 44.1 Å². The lowest BCUT2D eigenvalue weighted by molar-refractivity contribution is -0.131. The molecule has 0 spiro atoms. The Kier molecular flexibility index (Phi) is 8.11. The van der Waals surface area contributed by atoms with Crippen LogP contribution in [0.1, 0.15) is 42.3 Å². The van der Waals surface area contributed by atoms with Gasteiger partial charge in [-0.2, -0.15) is 0 Å². The van der Waals surface area contributed by atoms with Gasteiger partial charge in [-0.25, -0.2) is 4.98 Å². The first-order chi connectivity index (χ1) is 9.72. The Hall–Kier alpha value is -0.360. The zero-order valence-corrected chi connectivity index (χ0v) is 15.4. The summed E-state index contributed by atoms with van der Waals surface area (Å²) >= 11 is 1.74. The molecule has 1 amide bonds. The fraction of sp³-hybridized carbons (Fsp3) is 0.733. The first kappa shape index (κ1) is 19.7. The number of nitrogens with zero attached hydrogens (tertiary/aromatic N) is 2. The number of thiazole rings is 1. The van der Waals surface area contributed by atoms with Crippen LogP contribution >= 0.6 is 36.2 Å². The van der Waals surface area contributed by atoms with Crippen LogP contribution in [0.25, 0.3) is 0 Å². The van der Waals surface area contributed by atoms with Gasteiger partial charge in [0.2, 0.25) is 5.91 Å². The van der Waals surface area contributed by atoms with Gasteiger partial charge in [-0.15, -0.1) is 36.2 Å². The molecule has 1 saturated carbocycles. The maximum absolute atomic E-state index is 12.2. The number of aryl methyl sites for hydroxylation is 1. The molecule has 22 heavy (non-hydrogen) atoms. The highest BCUT2D eigenvalue weighted by atomic mass is 35.5. The molecule has 2 fully saturated rings. The van der Waals surface area contributed by atoms with Crippen LogP contribution in [0, 0.1) is 12.8 Å². The van der Waals surface area contributed by atoms with Crippen LogP contribution < -0.4 is 5.32 Å². The van der Waals surface area contributed by atoms with Crippen molar-refractivity contribution in [1.82, 2.24) is 15.2 Å². The minimum Gasteiger partial charge on any atom is -0.341 e. The molecule has 0 radical (unpaired) electrons. The Morgan fingerprint density at radius 2 is 2.18 bits per heavy atom. The zero-order valence-electron chi connectivity index (χ0n) is 12.9. The number of rotatable bonds is 5. The number of carbonyl (C=O) groups is 1. The highest BCUT2D eigenvalue weighted by molar-refractivity contribution is 7.09. The first-order valence-electron chi connectivity index (χ1n) is 7.63. The number of likely N-dealkylation sites (tertiary alicyclic amines) is 1. The van der Waals surface area contributed by atoms with E-state index in [4.69, 9.17) is 0 Å². The first-order valence-corrected chi connectivity index (χ1v) is 8.51. The summed E-state index contributed by atoms with van der Waals surface area (Å²) < 4.78 is 0. The van der Waals surface area contributed by atoms with Crippen LogP contribution in [-0.2, 0) is 4.79 Å². The van der Waals surface area contributed by atoms with Gasteiger partial charge in [0, 0.05) is 30.1 Å². The Balaban J connectivity index is 0.00000121. The zero-order chi connectivity index (χ0) is 13.9. The standard InChI is InChI=1S/C15H23N3OS.2ClH/c1-11-10-20-15(17-11)13-3-2-6-18(9-13)14(19)8-16-7-12-4-5-12;;/h10,12-13,16H,2-9H2,1H3;2*1H. The molecule has 1 saturated heterocycles. The van der Waals surface area contributed by atoms with E-state index < -0.39 is 0 Å². The number of amides is 1. The van der Waals surface area contributed by atoms with Crippen molar-refractivity contribution in [3.05, 3.63) is 16.1 Å². The predicted octanol–water partition coefficient (Wildman–Crippen LogP) is 3.00. The molecule has 2 aliphatic rings. The second-order valence-corrected chi connectivity index (χ2v) is 6.97. The minimum absolute atomic E-state index is 0. The van der Waals surface area contributed by atoms with Crippen LogP contribution in [0.3, 0.4) is 0 Å². The predicted molar refractivity (Wildman–Crippen MR) is 95.5 cm³/mol. The van der Waals surface area contributed by atoms with Crippen LogP contribution in [0.15, 0.2) is 5.38 Å². The van der Waals surface area contributed by atoms with Crippen molar-refractivity contribution in [2.45, 2.75) is 38.5 Å². The molecular formula is C15H25Cl2N3OS. The highest BCUT2D eigenvalue weighted by Gasteiger charge is 2.27. The van der Waals surface area contributed by atoms with E-state index in [2.05, 4.69) is 15.7 Å². The molecule has 0 bridgehead atoms. The smallest absolute Gasteiger partial charge is 0.236 e. The maximum Gasteiger partial charge on any atom is 0.236 e. The molecule has 1 aromatic heterocycles. The van der Waals surface area contributed by atoms with Gasteiger partial charge in [-0.1, -0.05) is 0 Å². The largest absolute Gasteiger partial charge is 0.341 e. The Bertz CT molecular complexity index is 479. The molecule has 4 nitrogen and oxygen atoms in total. The second-order valence-electron chi connectivity index (χ2n) is 6.08. The summed E-state index contributed by atoms with van der Waals surface area (Å²) in [5, 5.41) is 6.60. The lowest BCUT2D eigenvalue weighted by atomic mass is 9.98. The fourth-order valence-corrected chi connectivity index (χ4v) is 3.71. The summed E-state index contributed by atoms with van der Waals surface area (Å²) in [5.74, 6) is 1.52. The van der Waals surface area contributed by atoms with Gasteiger partial charge in [-0.05, 0) is 45.1 Å². The van der Waals surface area contributed by atoms with Crippen molar-refractivity contribution in [2.24, 2.45) is 5.92 Å². The molecular weight excluding hydrogens is 341 g/mol. The van der Waals surface area contributed by atoms with E-state index in [9.17, 15) is 4.79 Å². The number of piperidine rings is 1. The van der Waals surface area contributed by atoms with Gasteiger partial charge < -0.3 is 10.2 Å². The lowest BCUT2D eigenvalue weighted by Gasteiger charge is -2.32. The molecule has 2 heterocycles. The molecule has 1 aromatic rings. The van der Waals surface area contributed by atoms with Crippen molar-refractivity contribution in [1.29, 1.82) is 0 Å². The van der Waals surface area contributed by atoms with Crippen LogP contribution in [-0.4, -0.2) is 42.0 Å². The van der Waals surface area contributed by atoms with E-state index in [1.165, 1.54) is 17.8 Å². The van der Waals surface area contributed by atoms with E-state index in [1.807, 2.05) is 11.8 Å². The Morgan fingerprint density at radius 1 is 1.41 bits per heavy atom. The van der Waals surface area contributed by atoms with Crippen molar-refractivity contribution in [3.63, 3.8) is 0 Å². The molecule has 1 unspecified atom stereocenters. The van der Waals surface area contributed by atoms with E-state index >= 15 is 0 Å². The average Bonchev–Trinajstić information content (AvgIpc) is 3.18. The average molecular weight is 366 g/mol. The monoisotopic (exact) mass is 365 g/mol. The summed E-state index contributed by atoms with van der Waals surface area (Å²) in [6, 6.07) is 0. The second kappa shape index (κ2) is 9.06. The van der Waals surface area contributed by atoms with Crippen molar-refractivity contribution in [2.75, 3.05) is 26.2 Å². The van der Waals surface area contributed by atoms with Crippen molar-refractivity contribution < 1.29 is 4.79 Å². The summed E-state index contributed by atoms with van der Waals surface area (Å²) in [7, 11) is 0. The van der Waals surface area contributed by atoms with E-state index in [-0.39, 0.29) is 30.7 Å². The van der Waals surface area contributed by atoms with Gasteiger partial charge in [0.1, 0.15) is 0 Å². The number of nitrogens with one attached hydrogen (secondary N) is 1. The van der Waals surface area contributed by atoms with Gasteiger partial charge in [0.25, 0.3) is 0 Å². The number of hydrogen-bond acceptors (Lipinski definition) is 4. The lowest BCUT2D eigenvalue weighted by Crippen LogP contribution is -2.43. The number of halogens is 2. The third-order valence-electron chi connectivity index (χ3n) is 4.17. The highest BCUT2D eigenvalue weighted by Crippen LogP contribution is 2.29. The molecule has 0 aromatic carbocycles.